The van der Waals surface area contributed by atoms with E-state index in [1.54, 1.807) is 6.07 Å². The molecule has 0 heterocycles. The highest BCUT2D eigenvalue weighted by Crippen LogP contribution is 2.20. The van der Waals surface area contributed by atoms with Gasteiger partial charge < -0.3 is 10.5 Å². The molecule has 0 aliphatic rings. The first-order chi connectivity index (χ1) is 8.77. The van der Waals surface area contributed by atoms with E-state index in [1.807, 2.05) is 12.1 Å². The van der Waals surface area contributed by atoms with Crippen LogP contribution in [0.1, 0.15) is 44.6 Å². The molecule has 0 saturated heterocycles. The first kappa shape index (κ1) is 14.4. The first-order valence-electron chi connectivity index (χ1n) is 6.66. The summed E-state index contributed by atoms with van der Waals surface area (Å²) < 4.78 is 5.66. The number of ether oxygens (including phenoxy) is 1. The van der Waals surface area contributed by atoms with Gasteiger partial charge in [0.1, 0.15) is 5.75 Å². The van der Waals surface area contributed by atoms with Gasteiger partial charge in [-0.05, 0) is 30.2 Å². The van der Waals surface area contributed by atoms with E-state index in [2.05, 4.69) is 13.0 Å². The number of hydrogen-bond acceptors (Lipinski definition) is 3. The van der Waals surface area contributed by atoms with Gasteiger partial charge in [0, 0.05) is 5.69 Å². The SMILES string of the molecule is CCCCCCCOc1ccc(N)c(CC#N)c1. The maximum Gasteiger partial charge on any atom is 0.119 e. The zero-order valence-electron chi connectivity index (χ0n) is 11.1. The lowest BCUT2D eigenvalue weighted by molar-refractivity contribution is 0.304. The summed E-state index contributed by atoms with van der Waals surface area (Å²) in [5.41, 5.74) is 7.29. The Morgan fingerprint density at radius 1 is 1.22 bits per heavy atom. The Hall–Kier alpha value is -1.69. The molecule has 0 bridgehead atoms. The van der Waals surface area contributed by atoms with Crippen LogP contribution in [0, 0.1) is 11.3 Å². The highest BCUT2D eigenvalue weighted by atomic mass is 16.5. The number of nitriles is 1. The third kappa shape index (κ3) is 5.09. The van der Waals surface area contributed by atoms with Crippen LogP contribution in [0.5, 0.6) is 5.75 Å². The molecule has 0 amide bonds. The second-order valence-corrected chi connectivity index (χ2v) is 4.46. The van der Waals surface area contributed by atoms with Crippen LogP contribution in [0.4, 0.5) is 5.69 Å². The highest BCUT2D eigenvalue weighted by molar-refractivity contribution is 5.51. The number of nitrogens with two attached hydrogens (primary N) is 1. The fourth-order valence-corrected chi connectivity index (χ4v) is 1.81. The Kier molecular flexibility index (Phi) is 6.71. The zero-order valence-corrected chi connectivity index (χ0v) is 11.1. The van der Waals surface area contributed by atoms with Gasteiger partial charge in [0.2, 0.25) is 0 Å². The van der Waals surface area contributed by atoms with Crippen molar-refractivity contribution < 1.29 is 4.74 Å². The second-order valence-electron chi connectivity index (χ2n) is 4.46. The van der Waals surface area contributed by atoms with Gasteiger partial charge in [-0.3, -0.25) is 0 Å². The fourth-order valence-electron chi connectivity index (χ4n) is 1.81. The standard InChI is InChI=1S/C15H22N2O/c1-2-3-4-5-6-11-18-14-7-8-15(17)13(12-14)9-10-16/h7-8,12H,2-6,9,11,17H2,1H3. The van der Waals surface area contributed by atoms with Crippen molar-refractivity contribution >= 4 is 5.69 Å². The lowest BCUT2D eigenvalue weighted by Gasteiger charge is -2.08. The van der Waals surface area contributed by atoms with Gasteiger partial charge >= 0.3 is 0 Å². The lowest BCUT2D eigenvalue weighted by atomic mass is 10.1. The van der Waals surface area contributed by atoms with Crippen LogP contribution in [0.2, 0.25) is 0 Å². The molecule has 1 rings (SSSR count). The fraction of sp³-hybridized carbons (Fsp3) is 0.533. The van der Waals surface area contributed by atoms with E-state index < -0.39 is 0 Å². The molecule has 0 aliphatic carbocycles. The molecule has 0 spiro atoms. The number of nitrogen functional groups attached to an aromatic ring is 1. The van der Waals surface area contributed by atoms with Gasteiger partial charge in [0.15, 0.2) is 0 Å². The van der Waals surface area contributed by atoms with E-state index in [-0.39, 0.29) is 0 Å². The van der Waals surface area contributed by atoms with Crippen LogP contribution in [0.3, 0.4) is 0 Å². The predicted octanol–water partition coefficient (Wildman–Crippen LogP) is 3.68. The lowest BCUT2D eigenvalue weighted by Crippen LogP contribution is -1.99. The minimum absolute atomic E-state index is 0.333. The third-order valence-corrected chi connectivity index (χ3v) is 2.90. The third-order valence-electron chi connectivity index (χ3n) is 2.90. The molecule has 0 aromatic heterocycles. The van der Waals surface area contributed by atoms with Crippen molar-refractivity contribution in [2.45, 2.75) is 45.4 Å². The van der Waals surface area contributed by atoms with Gasteiger partial charge in [0.25, 0.3) is 0 Å². The van der Waals surface area contributed by atoms with E-state index in [4.69, 9.17) is 15.7 Å². The summed E-state index contributed by atoms with van der Waals surface area (Å²) in [4.78, 5) is 0. The Morgan fingerprint density at radius 2 is 2.00 bits per heavy atom. The molecule has 0 saturated carbocycles. The van der Waals surface area contributed by atoms with Crippen molar-refractivity contribution in [1.82, 2.24) is 0 Å². The Morgan fingerprint density at radius 3 is 2.72 bits per heavy atom. The molecule has 0 aliphatic heterocycles. The van der Waals surface area contributed by atoms with E-state index in [9.17, 15) is 0 Å². The summed E-state index contributed by atoms with van der Waals surface area (Å²) in [6, 6.07) is 7.64. The molecule has 98 valence electrons. The van der Waals surface area contributed by atoms with Gasteiger partial charge in [0.05, 0.1) is 19.1 Å². The molecular formula is C15H22N2O. The molecule has 0 radical (unpaired) electrons. The van der Waals surface area contributed by atoms with Gasteiger partial charge in [-0.2, -0.15) is 5.26 Å². The normalized spacial score (nSPS) is 10.0. The quantitative estimate of drug-likeness (QED) is 0.562. The largest absolute Gasteiger partial charge is 0.494 e. The van der Waals surface area contributed by atoms with E-state index in [1.165, 1.54) is 25.7 Å². The first-order valence-corrected chi connectivity index (χ1v) is 6.66. The molecule has 18 heavy (non-hydrogen) atoms. The maximum atomic E-state index is 8.69. The van der Waals surface area contributed by atoms with E-state index in [0.717, 1.165) is 24.3 Å². The van der Waals surface area contributed by atoms with Crippen molar-refractivity contribution in [3.05, 3.63) is 23.8 Å². The van der Waals surface area contributed by atoms with Crippen molar-refractivity contribution in [2.75, 3.05) is 12.3 Å². The number of hydrogen-bond donors (Lipinski definition) is 1. The summed E-state index contributed by atoms with van der Waals surface area (Å²) >= 11 is 0. The smallest absolute Gasteiger partial charge is 0.119 e. The van der Waals surface area contributed by atoms with Crippen LogP contribution in [0.15, 0.2) is 18.2 Å². The molecule has 1 aromatic carbocycles. The molecule has 2 N–H and O–H groups in total. The Balaban J connectivity index is 2.34. The average Bonchev–Trinajstić information content (AvgIpc) is 2.37. The van der Waals surface area contributed by atoms with Gasteiger partial charge in [-0.15, -0.1) is 0 Å². The molecule has 3 nitrogen and oxygen atoms in total. The van der Waals surface area contributed by atoms with Crippen LogP contribution in [0.25, 0.3) is 0 Å². The topological polar surface area (TPSA) is 59.0 Å². The van der Waals surface area contributed by atoms with Crippen LogP contribution < -0.4 is 10.5 Å². The number of rotatable bonds is 8. The van der Waals surface area contributed by atoms with Gasteiger partial charge in [-0.25, -0.2) is 0 Å². The van der Waals surface area contributed by atoms with Crippen molar-refractivity contribution in [3.8, 4) is 11.8 Å². The molecule has 0 atom stereocenters. The summed E-state index contributed by atoms with van der Waals surface area (Å²) in [7, 11) is 0. The molecule has 0 fully saturated rings. The summed E-state index contributed by atoms with van der Waals surface area (Å²) in [6.45, 7) is 2.95. The number of nitrogens with zero attached hydrogens (tertiary/aromatic N) is 1. The minimum Gasteiger partial charge on any atom is -0.494 e. The predicted molar refractivity (Wildman–Crippen MR) is 74.4 cm³/mol. The monoisotopic (exact) mass is 246 g/mol. The van der Waals surface area contributed by atoms with E-state index >= 15 is 0 Å². The summed E-state index contributed by atoms with van der Waals surface area (Å²) in [5.74, 6) is 0.810. The van der Waals surface area contributed by atoms with Crippen LogP contribution in [-0.4, -0.2) is 6.61 Å². The Bertz CT molecular complexity index is 396. The molecule has 1 aromatic rings. The minimum atomic E-state index is 0.333. The average molecular weight is 246 g/mol. The van der Waals surface area contributed by atoms with Crippen LogP contribution in [-0.2, 0) is 6.42 Å². The second kappa shape index (κ2) is 8.41. The highest BCUT2D eigenvalue weighted by Gasteiger charge is 2.01. The summed E-state index contributed by atoms with van der Waals surface area (Å²) in [6.07, 6.45) is 6.47. The summed E-state index contributed by atoms with van der Waals surface area (Å²) in [5, 5.41) is 8.69. The Labute approximate surface area is 110 Å². The number of benzene rings is 1. The van der Waals surface area contributed by atoms with Crippen molar-refractivity contribution in [2.24, 2.45) is 0 Å². The number of anilines is 1. The molecule has 0 unspecified atom stereocenters. The number of unbranched alkanes of at least 4 members (excludes halogenated alkanes) is 4. The molecular weight excluding hydrogens is 224 g/mol. The van der Waals surface area contributed by atoms with E-state index in [0.29, 0.717) is 12.1 Å². The van der Waals surface area contributed by atoms with Crippen molar-refractivity contribution in [1.29, 1.82) is 5.26 Å². The van der Waals surface area contributed by atoms with Crippen molar-refractivity contribution in [3.63, 3.8) is 0 Å². The van der Waals surface area contributed by atoms with Crippen LogP contribution >= 0.6 is 0 Å². The maximum absolute atomic E-state index is 8.69. The zero-order chi connectivity index (χ0) is 13.2. The molecule has 3 heteroatoms. The van der Waals surface area contributed by atoms with Gasteiger partial charge in [-0.1, -0.05) is 32.6 Å².